The second-order valence-corrected chi connectivity index (χ2v) is 7.17. The number of thiophene rings is 1. The summed E-state index contributed by atoms with van der Waals surface area (Å²) in [6.45, 7) is 7.89. The third-order valence-corrected chi connectivity index (χ3v) is 6.61. The summed E-state index contributed by atoms with van der Waals surface area (Å²) in [5.74, 6) is 0.239. The molecule has 98 valence electrons. The van der Waals surface area contributed by atoms with Crippen molar-refractivity contribution in [3.8, 4) is 0 Å². The quantitative estimate of drug-likeness (QED) is 0.782. The zero-order valence-electron chi connectivity index (χ0n) is 10.5. The van der Waals surface area contributed by atoms with E-state index in [0.29, 0.717) is 11.4 Å². The van der Waals surface area contributed by atoms with Gasteiger partial charge in [-0.1, -0.05) is 6.92 Å². The van der Waals surface area contributed by atoms with Gasteiger partial charge in [0.1, 0.15) is 4.90 Å². The fourth-order valence-electron chi connectivity index (χ4n) is 1.86. The monoisotopic (exact) mass is 295 g/mol. The lowest BCUT2D eigenvalue weighted by Crippen LogP contribution is -2.37. The number of aryl methyl sites for hydroxylation is 1. The van der Waals surface area contributed by atoms with Gasteiger partial charge in [0.15, 0.2) is 0 Å². The van der Waals surface area contributed by atoms with Crippen LogP contribution >= 0.6 is 22.9 Å². The minimum atomic E-state index is -3.42. The van der Waals surface area contributed by atoms with Crippen LogP contribution < -0.4 is 0 Å². The van der Waals surface area contributed by atoms with E-state index in [2.05, 4.69) is 0 Å². The Morgan fingerprint density at radius 3 is 2.47 bits per heavy atom. The first-order chi connectivity index (χ1) is 7.86. The molecule has 0 spiro atoms. The summed E-state index contributed by atoms with van der Waals surface area (Å²) in [6.07, 6.45) is 0. The largest absolute Gasteiger partial charge is 0.244 e. The van der Waals surface area contributed by atoms with E-state index >= 15 is 0 Å². The maximum Gasteiger partial charge on any atom is 0.244 e. The Balaban J connectivity index is 3.34. The molecule has 0 aliphatic heterocycles. The molecule has 6 heteroatoms. The van der Waals surface area contributed by atoms with E-state index in [-0.39, 0.29) is 11.9 Å². The van der Waals surface area contributed by atoms with E-state index in [9.17, 15) is 8.42 Å². The van der Waals surface area contributed by atoms with Crippen LogP contribution in [0.2, 0.25) is 0 Å². The molecule has 0 fully saturated rings. The van der Waals surface area contributed by atoms with Crippen molar-refractivity contribution in [2.75, 3.05) is 6.54 Å². The molecular formula is C11H18ClNO2S2. The Labute approximate surface area is 112 Å². The third kappa shape index (κ3) is 2.84. The van der Waals surface area contributed by atoms with Gasteiger partial charge in [0.2, 0.25) is 10.0 Å². The Morgan fingerprint density at radius 1 is 1.47 bits per heavy atom. The molecule has 17 heavy (non-hydrogen) atoms. The molecule has 1 heterocycles. The fraction of sp³-hybridized carbons (Fsp3) is 0.636. The summed E-state index contributed by atoms with van der Waals surface area (Å²) < 4.78 is 26.6. The lowest BCUT2D eigenvalue weighted by molar-refractivity contribution is 0.369. The number of halogens is 1. The number of sulfonamides is 1. The first-order valence-electron chi connectivity index (χ1n) is 5.51. The van der Waals surface area contributed by atoms with Crippen molar-refractivity contribution in [1.82, 2.24) is 4.31 Å². The highest BCUT2D eigenvalue weighted by Gasteiger charge is 2.30. The molecule has 0 N–H and O–H groups in total. The van der Waals surface area contributed by atoms with Crippen LogP contribution in [0.5, 0.6) is 0 Å². The Bertz CT molecular complexity index is 480. The summed E-state index contributed by atoms with van der Waals surface area (Å²) in [6, 6.07) is -0.0486. The molecule has 0 amide bonds. The maximum absolute atomic E-state index is 12.5. The highest BCUT2D eigenvalue weighted by Crippen LogP contribution is 2.31. The third-order valence-electron chi connectivity index (χ3n) is 2.57. The Hall–Kier alpha value is -0.100. The van der Waals surface area contributed by atoms with Gasteiger partial charge in [0.05, 0.1) is 5.88 Å². The number of alkyl halides is 1. The summed E-state index contributed by atoms with van der Waals surface area (Å²) >= 11 is 7.21. The first-order valence-corrected chi connectivity index (χ1v) is 8.36. The summed E-state index contributed by atoms with van der Waals surface area (Å²) in [7, 11) is -3.42. The van der Waals surface area contributed by atoms with Crippen LogP contribution in [0, 0.1) is 6.92 Å². The predicted octanol–water partition coefficient (Wildman–Crippen LogP) is 3.21. The van der Waals surface area contributed by atoms with Gasteiger partial charge in [-0.2, -0.15) is 4.31 Å². The molecule has 1 aromatic rings. The van der Waals surface area contributed by atoms with E-state index in [1.807, 2.05) is 33.1 Å². The average Bonchev–Trinajstić information content (AvgIpc) is 2.59. The van der Waals surface area contributed by atoms with E-state index < -0.39 is 10.0 Å². The number of hydrogen-bond acceptors (Lipinski definition) is 3. The minimum absolute atomic E-state index is 0.0486. The molecule has 0 atom stereocenters. The van der Waals surface area contributed by atoms with Crippen LogP contribution in [0.25, 0.3) is 0 Å². The van der Waals surface area contributed by atoms with Gasteiger partial charge in [-0.3, -0.25) is 0 Å². The van der Waals surface area contributed by atoms with Gasteiger partial charge in [-0.15, -0.1) is 22.9 Å². The second-order valence-electron chi connectivity index (χ2n) is 4.11. The van der Waals surface area contributed by atoms with Crippen LogP contribution in [0.3, 0.4) is 0 Å². The molecule has 0 radical (unpaired) electrons. The van der Waals surface area contributed by atoms with Crippen LogP contribution in [-0.2, 0) is 15.9 Å². The summed E-state index contributed by atoms with van der Waals surface area (Å²) in [5.41, 5.74) is 0.782. The van der Waals surface area contributed by atoms with E-state index in [4.69, 9.17) is 11.6 Å². The number of hydrogen-bond donors (Lipinski definition) is 0. The van der Waals surface area contributed by atoms with Gasteiger partial charge in [-0.25, -0.2) is 8.42 Å². The summed E-state index contributed by atoms with van der Waals surface area (Å²) in [5, 5.41) is 1.85. The van der Waals surface area contributed by atoms with Crippen LogP contribution in [-0.4, -0.2) is 25.3 Å². The average molecular weight is 296 g/mol. The molecule has 0 saturated heterocycles. The number of rotatable bonds is 5. The first kappa shape index (κ1) is 15.0. The van der Waals surface area contributed by atoms with Crippen LogP contribution in [0.15, 0.2) is 10.3 Å². The minimum Gasteiger partial charge on any atom is -0.207 e. The van der Waals surface area contributed by atoms with Crippen molar-refractivity contribution in [1.29, 1.82) is 0 Å². The highest BCUT2D eigenvalue weighted by molar-refractivity contribution is 7.89. The van der Waals surface area contributed by atoms with Gasteiger partial charge in [0, 0.05) is 17.5 Å². The Morgan fingerprint density at radius 2 is 2.06 bits per heavy atom. The van der Waals surface area contributed by atoms with Crippen molar-refractivity contribution < 1.29 is 8.42 Å². The fourth-order valence-corrected chi connectivity index (χ4v) is 5.52. The highest BCUT2D eigenvalue weighted by atomic mass is 35.5. The molecule has 0 aliphatic carbocycles. The van der Waals surface area contributed by atoms with Crippen LogP contribution in [0.4, 0.5) is 0 Å². The molecule has 0 aromatic carbocycles. The van der Waals surface area contributed by atoms with Gasteiger partial charge >= 0.3 is 0 Å². The van der Waals surface area contributed by atoms with Crippen molar-refractivity contribution in [3.05, 3.63) is 15.8 Å². The lowest BCUT2D eigenvalue weighted by Gasteiger charge is -2.24. The molecule has 0 saturated carbocycles. The molecule has 1 rings (SSSR count). The topological polar surface area (TPSA) is 37.4 Å². The molecule has 0 aliphatic rings. The van der Waals surface area contributed by atoms with Gasteiger partial charge < -0.3 is 0 Å². The zero-order valence-corrected chi connectivity index (χ0v) is 12.9. The van der Waals surface area contributed by atoms with Gasteiger partial charge in [-0.05, 0) is 31.7 Å². The normalized spacial score (nSPS) is 12.6. The maximum atomic E-state index is 12.5. The zero-order chi connectivity index (χ0) is 13.2. The standard InChI is InChI=1S/C11H18ClNO2S2/c1-5-13(8(2)3)17(14,15)11-9(4)7-16-10(11)6-12/h7-8H,5-6H2,1-4H3. The molecule has 0 unspecified atom stereocenters. The number of nitrogens with zero attached hydrogens (tertiary/aromatic N) is 1. The Kier molecular flexibility index (Phi) is 5.01. The smallest absolute Gasteiger partial charge is 0.207 e. The SMILES string of the molecule is CCN(C(C)C)S(=O)(=O)c1c(C)csc1CCl. The van der Waals surface area contributed by atoms with Crippen molar-refractivity contribution in [2.45, 2.75) is 44.5 Å². The van der Waals surface area contributed by atoms with Crippen LogP contribution in [0.1, 0.15) is 31.2 Å². The molecule has 1 aromatic heterocycles. The molecule has 3 nitrogen and oxygen atoms in total. The van der Waals surface area contributed by atoms with E-state index in [1.165, 1.54) is 15.6 Å². The second kappa shape index (κ2) is 5.69. The molecular weight excluding hydrogens is 278 g/mol. The van der Waals surface area contributed by atoms with Crippen molar-refractivity contribution in [3.63, 3.8) is 0 Å². The lowest BCUT2D eigenvalue weighted by atomic mass is 10.3. The van der Waals surface area contributed by atoms with Crippen molar-refractivity contribution in [2.24, 2.45) is 0 Å². The van der Waals surface area contributed by atoms with Crippen molar-refractivity contribution >= 4 is 33.0 Å². The van der Waals surface area contributed by atoms with E-state index in [0.717, 1.165) is 10.4 Å². The summed E-state index contributed by atoms with van der Waals surface area (Å²) in [4.78, 5) is 1.12. The van der Waals surface area contributed by atoms with Gasteiger partial charge in [0.25, 0.3) is 0 Å². The van der Waals surface area contributed by atoms with E-state index in [1.54, 1.807) is 0 Å². The molecule has 0 bridgehead atoms. The predicted molar refractivity (Wildman–Crippen MR) is 73.3 cm³/mol.